The number of aliphatic carboxylic acids is 1. The SMILES string of the molecule is CC(C)c1ccc(-c2noc(CCC(=O)NCCOCC(=O)O)n2)cc1. The normalized spacial score (nSPS) is 10.9. The number of hydrogen-bond donors (Lipinski definition) is 2. The van der Waals surface area contributed by atoms with Crippen LogP contribution in [-0.4, -0.2) is 46.9 Å². The van der Waals surface area contributed by atoms with Crippen molar-refractivity contribution in [3.05, 3.63) is 35.7 Å². The van der Waals surface area contributed by atoms with E-state index in [2.05, 4.69) is 29.3 Å². The fourth-order valence-corrected chi connectivity index (χ4v) is 2.22. The van der Waals surface area contributed by atoms with Crippen LogP contribution in [0.25, 0.3) is 11.4 Å². The van der Waals surface area contributed by atoms with Gasteiger partial charge in [0.05, 0.1) is 6.61 Å². The van der Waals surface area contributed by atoms with Gasteiger partial charge in [0.15, 0.2) is 0 Å². The van der Waals surface area contributed by atoms with Crippen LogP contribution >= 0.6 is 0 Å². The molecular weight excluding hydrogens is 338 g/mol. The zero-order chi connectivity index (χ0) is 18.9. The summed E-state index contributed by atoms with van der Waals surface area (Å²) in [7, 11) is 0. The highest BCUT2D eigenvalue weighted by Crippen LogP contribution is 2.20. The third kappa shape index (κ3) is 6.29. The lowest BCUT2D eigenvalue weighted by molar-refractivity contribution is -0.142. The Morgan fingerprint density at radius 2 is 2.00 bits per heavy atom. The van der Waals surface area contributed by atoms with Gasteiger partial charge in [-0.05, 0) is 11.5 Å². The first-order chi connectivity index (χ1) is 12.5. The van der Waals surface area contributed by atoms with Crippen LogP contribution in [0.15, 0.2) is 28.8 Å². The second-order valence-corrected chi connectivity index (χ2v) is 6.08. The molecule has 0 bridgehead atoms. The van der Waals surface area contributed by atoms with Crippen LogP contribution in [0.2, 0.25) is 0 Å². The number of aromatic nitrogens is 2. The molecule has 0 saturated heterocycles. The van der Waals surface area contributed by atoms with E-state index in [0.29, 0.717) is 24.1 Å². The molecule has 2 aromatic rings. The Labute approximate surface area is 151 Å². The maximum atomic E-state index is 11.7. The topological polar surface area (TPSA) is 115 Å². The summed E-state index contributed by atoms with van der Waals surface area (Å²) in [5.41, 5.74) is 2.10. The summed E-state index contributed by atoms with van der Waals surface area (Å²) in [6.45, 7) is 4.28. The molecule has 1 aromatic heterocycles. The van der Waals surface area contributed by atoms with Gasteiger partial charge in [-0.25, -0.2) is 4.79 Å². The molecular formula is C18H23N3O5. The first-order valence-electron chi connectivity index (χ1n) is 8.45. The van der Waals surface area contributed by atoms with Gasteiger partial charge in [-0.15, -0.1) is 0 Å². The molecule has 0 aliphatic heterocycles. The maximum absolute atomic E-state index is 11.7. The van der Waals surface area contributed by atoms with E-state index in [0.717, 1.165) is 5.56 Å². The van der Waals surface area contributed by atoms with Crippen LogP contribution in [0.4, 0.5) is 0 Å². The van der Waals surface area contributed by atoms with E-state index >= 15 is 0 Å². The van der Waals surface area contributed by atoms with Gasteiger partial charge < -0.3 is 19.7 Å². The molecule has 0 aliphatic carbocycles. The Kier molecular flexibility index (Phi) is 7.28. The van der Waals surface area contributed by atoms with Crippen LogP contribution in [0, 0.1) is 0 Å². The molecule has 0 unspecified atom stereocenters. The lowest BCUT2D eigenvalue weighted by Crippen LogP contribution is -2.28. The molecule has 1 amide bonds. The van der Waals surface area contributed by atoms with Gasteiger partial charge in [0.2, 0.25) is 17.6 Å². The van der Waals surface area contributed by atoms with E-state index < -0.39 is 5.97 Å². The fraction of sp³-hybridized carbons (Fsp3) is 0.444. The summed E-state index contributed by atoms with van der Waals surface area (Å²) in [6, 6.07) is 7.98. The number of rotatable bonds is 10. The molecule has 8 heteroatoms. The van der Waals surface area contributed by atoms with Gasteiger partial charge in [-0.3, -0.25) is 4.79 Å². The van der Waals surface area contributed by atoms with Crippen molar-refractivity contribution in [2.45, 2.75) is 32.6 Å². The second-order valence-electron chi connectivity index (χ2n) is 6.08. The fourth-order valence-electron chi connectivity index (χ4n) is 2.22. The average molecular weight is 361 g/mol. The Balaban J connectivity index is 1.75. The summed E-state index contributed by atoms with van der Waals surface area (Å²) in [5, 5.41) is 15.0. The highest BCUT2D eigenvalue weighted by atomic mass is 16.5. The molecule has 0 aliphatic rings. The van der Waals surface area contributed by atoms with E-state index in [1.54, 1.807) is 0 Å². The van der Waals surface area contributed by atoms with Crippen molar-refractivity contribution in [1.82, 2.24) is 15.5 Å². The first-order valence-corrected chi connectivity index (χ1v) is 8.45. The standard InChI is InChI=1S/C18H23N3O5/c1-12(2)13-3-5-14(6-4-13)18-20-16(26-21-18)8-7-15(22)19-9-10-25-11-17(23)24/h3-6,12H,7-11H2,1-2H3,(H,19,22)(H,23,24). The van der Waals surface area contributed by atoms with Gasteiger partial charge in [0.25, 0.3) is 0 Å². The van der Waals surface area contributed by atoms with Crippen LogP contribution in [0.1, 0.15) is 37.6 Å². The van der Waals surface area contributed by atoms with E-state index in [1.165, 1.54) is 5.56 Å². The van der Waals surface area contributed by atoms with Crippen molar-refractivity contribution < 1.29 is 24.0 Å². The van der Waals surface area contributed by atoms with Crippen LogP contribution in [-0.2, 0) is 20.7 Å². The van der Waals surface area contributed by atoms with E-state index in [4.69, 9.17) is 14.4 Å². The highest BCUT2D eigenvalue weighted by Gasteiger charge is 2.11. The minimum Gasteiger partial charge on any atom is -0.480 e. The number of nitrogens with one attached hydrogen (secondary N) is 1. The molecule has 0 atom stereocenters. The zero-order valence-electron chi connectivity index (χ0n) is 14.9. The van der Waals surface area contributed by atoms with Crippen molar-refractivity contribution in [3.63, 3.8) is 0 Å². The first kappa shape index (κ1) is 19.6. The largest absolute Gasteiger partial charge is 0.480 e. The molecule has 2 N–H and O–H groups in total. The molecule has 0 spiro atoms. The number of carbonyl (C=O) groups excluding carboxylic acids is 1. The smallest absolute Gasteiger partial charge is 0.329 e. The third-order valence-electron chi connectivity index (χ3n) is 3.66. The number of ether oxygens (including phenoxy) is 1. The van der Waals surface area contributed by atoms with Crippen LogP contribution in [0.3, 0.4) is 0 Å². The van der Waals surface area contributed by atoms with Gasteiger partial charge >= 0.3 is 5.97 Å². The lowest BCUT2D eigenvalue weighted by Gasteiger charge is -2.04. The van der Waals surface area contributed by atoms with Crippen LogP contribution in [0.5, 0.6) is 0 Å². The quantitative estimate of drug-likeness (QED) is 0.622. The summed E-state index contributed by atoms with van der Waals surface area (Å²) < 4.78 is 10.0. The number of aryl methyl sites for hydroxylation is 1. The molecule has 26 heavy (non-hydrogen) atoms. The summed E-state index contributed by atoms with van der Waals surface area (Å²) in [5.74, 6) is 0.119. The third-order valence-corrected chi connectivity index (χ3v) is 3.66. The second kappa shape index (κ2) is 9.67. The van der Waals surface area contributed by atoms with Gasteiger partial charge in [-0.2, -0.15) is 4.98 Å². The number of amides is 1. The Morgan fingerprint density at radius 1 is 1.27 bits per heavy atom. The molecule has 8 nitrogen and oxygen atoms in total. The Bertz CT molecular complexity index is 725. The van der Waals surface area contributed by atoms with E-state index in [1.807, 2.05) is 24.3 Å². The molecule has 140 valence electrons. The Hall–Kier alpha value is -2.74. The van der Waals surface area contributed by atoms with Crippen molar-refractivity contribution in [1.29, 1.82) is 0 Å². The van der Waals surface area contributed by atoms with Crippen molar-refractivity contribution in [2.24, 2.45) is 0 Å². The summed E-state index contributed by atoms with van der Waals surface area (Å²) in [6.07, 6.45) is 0.533. The minimum absolute atomic E-state index is 0.148. The molecule has 0 radical (unpaired) electrons. The molecule has 0 saturated carbocycles. The predicted molar refractivity (Wildman–Crippen MR) is 93.6 cm³/mol. The summed E-state index contributed by atoms with van der Waals surface area (Å²) in [4.78, 5) is 26.3. The lowest BCUT2D eigenvalue weighted by atomic mass is 10.0. The molecule has 1 heterocycles. The number of benzene rings is 1. The maximum Gasteiger partial charge on any atom is 0.329 e. The molecule has 2 rings (SSSR count). The van der Waals surface area contributed by atoms with Gasteiger partial charge in [0.1, 0.15) is 6.61 Å². The van der Waals surface area contributed by atoms with Crippen molar-refractivity contribution >= 4 is 11.9 Å². The predicted octanol–water partition coefficient (Wildman–Crippen LogP) is 2.01. The highest BCUT2D eigenvalue weighted by molar-refractivity contribution is 5.76. The average Bonchev–Trinajstić information content (AvgIpc) is 3.08. The number of carboxylic acid groups (broad SMARTS) is 1. The monoisotopic (exact) mass is 361 g/mol. The van der Waals surface area contributed by atoms with Crippen LogP contribution < -0.4 is 5.32 Å². The van der Waals surface area contributed by atoms with Crippen molar-refractivity contribution in [2.75, 3.05) is 19.8 Å². The van der Waals surface area contributed by atoms with E-state index in [-0.39, 0.29) is 32.1 Å². The number of hydrogen-bond acceptors (Lipinski definition) is 6. The number of nitrogens with zero attached hydrogens (tertiary/aromatic N) is 2. The van der Waals surface area contributed by atoms with E-state index in [9.17, 15) is 9.59 Å². The number of carbonyl (C=O) groups is 2. The molecule has 0 fully saturated rings. The van der Waals surface area contributed by atoms with Gasteiger partial charge in [-0.1, -0.05) is 43.3 Å². The minimum atomic E-state index is -1.04. The zero-order valence-corrected chi connectivity index (χ0v) is 14.9. The van der Waals surface area contributed by atoms with Gasteiger partial charge in [0, 0.05) is 24.9 Å². The summed E-state index contributed by atoms with van der Waals surface area (Å²) >= 11 is 0. The Morgan fingerprint density at radius 3 is 2.65 bits per heavy atom. The number of carboxylic acids is 1. The van der Waals surface area contributed by atoms with Crippen molar-refractivity contribution in [3.8, 4) is 11.4 Å². The molecule has 1 aromatic carbocycles.